The molecule has 1 fully saturated rings. The molecule has 2 rings (SSSR count). The van der Waals surface area contributed by atoms with Crippen molar-refractivity contribution in [3.8, 4) is 0 Å². The minimum absolute atomic E-state index is 0.169. The van der Waals surface area contributed by atoms with Gasteiger partial charge in [-0.05, 0) is 38.0 Å². The minimum atomic E-state index is -4.54. The number of hydrogen-bond donors (Lipinski definition) is 2. The third kappa shape index (κ3) is 3.66. The third-order valence-corrected chi connectivity index (χ3v) is 3.74. The molecule has 1 heterocycles. The number of carbonyl (C=O) groups excluding carboxylic acids is 1. The maximum absolute atomic E-state index is 12.9. The van der Waals surface area contributed by atoms with Crippen LogP contribution < -0.4 is 10.6 Å². The lowest BCUT2D eigenvalue weighted by atomic mass is 9.93. The summed E-state index contributed by atoms with van der Waals surface area (Å²) in [5, 5.41) is 9.89. The quantitative estimate of drug-likeness (QED) is 0.879. The standard InChI is InChI=1S/C14H17F3N2O2/c1-13(21)2-4-19(5-3-13)11-7-9(12(18)20)6-10(8-11)14(15,16)17/h6-8,21H,2-5H2,1H3,(H2,18,20). The number of nitrogens with two attached hydrogens (primary N) is 1. The number of rotatable bonds is 2. The number of primary amides is 1. The molecular weight excluding hydrogens is 285 g/mol. The van der Waals surface area contributed by atoms with E-state index in [9.17, 15) is 23.1 Å². The van der Waals surface area contributed by atoms with Crippen molar-refractivity contribution in [1.82, 2.24) is 0 Å². The molecule has 3 N–H and O–H groups in total. The summed E-state index contributed by atoms with van der Waals surface area (Å²) in [4.78, 5) is 12.9. The molecular formula is C14H17F3N2O2. The maximum Gasteiger partial charge on any atom is 0.416 e. The fraction of sp³-hybridized carbons (Fsp3) is 0.500. The first-order valence-corrected chi connectivity index (χ1v) is 6.58. The van der Waals surface area contributed by atoms with E-state index in [1.807, 2.05) is 0 Å². The molecule has 116 valence electrons. The van der Waals surface area contributed by atoms with Crippen molar-refractivity contribution in [3.63, 3.8) is 0 Å². The lowest BCUT2D eigenvalue weighted by Gasteiger charge is -2.37. The Morgan fingerprint density at radius 3 is 2.33 bits per heavy atom. The molecule has 0 aromatic heterocycles. The fourth-order valence-electron chi connectivity index (χ4n) is 2.35. The summed E-state index contributed by atoms with van der Waals surface area (Å²) in [5.74, 6) is -0.897. The highest BCUT2D eigenvalue weighted by atomic mass is 19.4. The lowest BCUT2D eigenvalue weighted by Crippen LogP contribution is -2.42. The number of hydrogen-bond acceptors (Lipinski definition) is 3. The molecule has 1 amide bonds. The SMILES string of the molecule is CC1(O)CCN(c2cc(C(N)=O)cc(C(F)(F)F)c2)CC1. The molecule has 21 heavy (non-hydrogen) atoms. The molecule has 0 aliphatic carbocycles. The Hall–Kier alpha value is -1.76. The zero-order valence-electron chi connectivity index (χ0n) is 11.6. The van der Waals surface area contributed by atoms with Crippen molar-refractivity contribution < 1.29 is 23.1 Å². The second-order valence-corrected chi connectivity index (χ2v) is 5.61. The molecule has 0 bridgehead atoms. The molecule has 0 unspecified atom stereocenters. The van der Waals surface area contributed by atoms with Crippen LogP contribution in [-0.2, 0) is 6.18 Å². The van der Waals surface area contributed by atoms with Gasteiger partial charge in [0, 0.05) is 24.3 Å². The Morgan fingerprint density at radius 1 is 1.29 bits per heavy atom. The van der Waals surface area contributed by atoms with Gasteiger partial charge in [0.1, 0.15) is 0 Å². The van der Waals surface area contributed by atoms with Crippen molar-refractivity contribution in [1.29, 1.82) is 0 Å². The molecule has 7 heteroatoms. The van der Waals surface area contributed by atoms with E-state index in [0.717, 1.165) is 12.1 Å². The van der Waals surface area contributed by atoms with Crippen LogP contribution in [0.4, 0.5) is 18.9 Å². The first-order chi connectivity index (χ1) is 9.58. The predicted molar refractivity (Wildman–Crippen MR) is 72.0 cm³/mol. The molecule has 1 aromatic rings. The molecule has 0 saturated carbocycles. The van der Waals surface area contributed by atoms with Gasteiger partial charge >= 0.3 is 6.18 Å². The van der Waals surface area contributed by atoms with Crippen molar-refractivity contribution in [2.45, 2.75) is 31.5 Å². The number of benzene rings is 1. The van der Waals surface area contributed by atoms with E-state index < -0.39 is 23.2 Å². The number of amides is 1. The van der Waals surface area contributed by atoms with Crippen LogP contribution in [-0.4, -0.2) is 29.7 Å². The van der Waals surface area contributed by atoms with Crippen molar-refractivity contribution in [2.24, 2.45) is 5.73 Å². The fourth-order valence-corrected chi connectivity index (χ4v) is 2.35. The summed E-state index contributed by atoms with van der Waals surface area (Å²) >= 11 is 0. The van der Waals surface area contributed by atoms with E-state index in [1.54, 1.807) is 11.8 Å². The molecule has 4 nitrogen and oxygen atoms in total. The number of piperidine rings is 1. The molecule has 0 spiro atoms. The number of alkyl halides is 3. The van der Waals surface area contributed by atoms with E-state index in [2.05, 4.69) is 0 Å². The summed E-state index contributed by atoms with van der Waals surface area (Å²) in [6.07, 6.45) is -3.63. The molecule has 1 aromatic carbocycles. The predicted octanol–water partition coefficient (Wildman–Crippen LogP) is 2.16. The smallest absolute Gasteiger partial charge is 0.390 e. The van der Waals surface area contributed by atoms with E-state index in [-0.39, 0.29) is 5.56 Å². The van der Waals surface area contributed by atoms with Crippen LogP contribution in [0, 0.1) is 0 Å². The summed E-state index contributed by atoms with van der Waals surface area (Å²) < 4.78 is 38.7. The van der Waals surface area contributed by atoms with Crippen LogP contribution in [0.2, 0.25) is 0 Å². The second kappa shape index (κ2) is 5.22. The molecule has 0 radical (unpaired) electrons. The van der Waals surface area contributed by atoms with Crippen LogP contribution in [0.5, 0.6) is 0 Å². The largest absolute Gasteiger partial charge is 0.416 e. The molecule has 1 aliphatic rings. The van der Waals surface area contributed by atoms with Gasteiger partial charge in [-0.1, -0.05) is 0 Å². The highest BCUT2D eigenvalue weighted by Crippen LogP contribution is 2.34. The summed E-state index contributed by atoms with van der Waals surface area (Å²) in [7, 11) is 0. The van der Waals surface area contributed by atoms with Crippen LogP contribution in [0.15, 0.2) is 18.2 Å². The Bertz CT molecular complexity index is 546. The van der Waals surface area contributed by atoms with Crippen LogP contribution in [0.1, 0.15) is 35.7 Å². The number of aliphatic hydroxyl groups is 1. The second-order valence-electron chi connectivity index (χ2n) is 5.61. The Labute approximate surface area is 120 Å². The summed E-state index contributed by atoms with van der Waals surface area (Å²) in [5.41, 5.74) is 3.54. The van der Waals surface area contributed by atoms with E-state index in [0.29, 0.717) is 31.6 Å². The maximum atomic E-state index is 12.9. The van der Waals surface area contributed by atoms with Gasteiger partial charge in [0.25, 0.3) is 0 Å². The molecule has 1 aliphatic heterocycles. The number of carbonyl (C=O) groups is 1. The number of nitrogens with zero attached hydrogens (tertiary/aromatic N) is 1. The van der Waals surface area contributed by atoms with Gasteiger partial charge in [0.05, 0.1) is 11.2 Å². The van der Waals surface area contributed by atoms with Gasteiger partial charge in [-0.25, -0.2) is 0 Å². The normalized spacial score (nSPS) is 18.6. The van der Waals surface area contributed by atoms with Crippen molar-refractivity contribution >= 4 is 11.6 Å². The molecule has 1 saturated heterocycles. The third-order valence-electron chi connectivity index (χ3n) is 3.74. The van der Waals surface area contributed by atoms with Gasteiger partial charge in [0.15, 0.2) is 0 Å². The average molecular weight is 302 g/mol. The highest BCUT2D eigenvalue weighted by Gasteiger charge is 2.33. The topological polar surface area (TPSA) is 66.6 Å². The summed E-state index contributed by atoms with van der Waals surface area (Å²) in [6.45, 7) is 2.55. The zero-order valence-corrected chi connectivity index (χ0v) is 11.6. The Kier molecular flexibility index (Phi) is 3.88. The minimum Gasteiger partial charge on any atom is -0.390 e. The van der Waals surface area contributed by atoms with Crippen LogP contribution in [0.3, 0.4) is 0 Å². The monoisotopic (exact) mass is 302 g/mol. The molecule has 0 atom stereocenters. The van der Waals surface area contributed by atoms with E-state index in [1.165, 1.54) is 6.07 Å². The Balaban J connectivity index is 2.35. The first-order valence-electron chi connectivity index (χ1n) is 6.58. The van der Waals surface area contributed by atoms with E-state index in [4.69, 9.17) is 5.73 Å². The Morgan fingerprint density at radius 2 is 1.86 bits per heavy atom. The lowest BCUT2D eigenvalue weighted by molar-refractivity contribution is -0.137. The van der Waals surface area contributed by atoms with Gasteiger partial charge < -0.3 is 15.7 Å². The van der Waals surface area contributed by atoms with E-state index >= 15 is 0 Å². The summed E-state index contributed by atoms with van der Waals surface area (Å²) in [6, 6.07) is 3.12. The van der Waals surface area contributed by atoms with Crippen LogP contribution >= 0.6 is 0 Å². The zero-order chi connectivity index (χ0) is 15.8. The number of halogens is 3. The van der Waals surface area contributed by atoms with Crippen molar-refractivity contribution in [2.75, 3.05) is 18.0 Å². The number of anilines is 1. The first kappa shape index (κ1) is 15.6. The van der Waals surface area contributed by atoms with Gasteiger partial charge in [0.2, 0.25) is 5.91 Å². The van der Waals surface area contributed by atoms with Crippen molar-refractivity contribution in [3.05, 3.63) is 29.3 Å². The highest BCUT2D eigenvalue weighted by molar-refractivity contribution is 5.94. The average Bonchev–Trinajstić information content (AvgIpc) is 2.37. The van der Waals surface area contributed by atoms with Crippen LogP contribution in [0.25, 0.3) is 0 Å². The van der Waals surface area contributed by atoms with Gasteiger partial charge in [-0.15, -0.1) is 0 Å². The van der Waals surface area contributed by atoms with Gasteiger partial charge in [-0.2, -0.15) is 13.2 Å². The van der Waals surface area contributed by atoms with Gasteiger partial charge in [-0.3, -0.25) is 4.79 Å².